The van der Waals surface area contributed by atoms with Gasteiger partial charge in [-0.1, -0.05) is 0 Å². The third kappa shape index (κ3) is 3.65. The van der Waals surface area contributed by atoms with Crippen molar-refractivity contribution in [1.29, 1.82) is 0 Å². The van der Waals surface area contributed by atoms with E-state index in [4.69, 9.17) is 4.74 Å². The average molecular weight is 285 g/mol. The summed E-state index contributed by atoms with van der Waals surface area (Å²) >= 11 is 0. The summed E-state index contributed by atoms with van der Waals surface area (Å²) in [4.78, 5) is 3.97. The van der Waals surface area contributed by atoms with E-state index in [0.29, 0.717) is 32.0 Å². The third-order valence-electron chi connectivity index (χ3n) is 2.98. The molecule has 106 valence electrons. The van der Waals surface area contributed by atoms with Crippen molar-refractivity contribution in [1.82, 2.24) is 9.71 Å². The molecule has 1 aromatic rings. The van der Waals surface area contributed by atoms with E-state index in [1.54, 1.807) is 12.1 Å². The minimum absolute atomic E-state index is 0.0516. The number of rotatable bonds is 6. The lowest BCUT2D eigenvalue weighted by molar-refractivity contribution is 0.186. The molecule has 0 radical (unpaired) electrons. The van der Waals surface area contributed by atoms with Crippen LogP contribution in [0.1, 0.15) is 13.3 Å². The van der Waals surface area contributed by atoms with Crippen LogP contribution in [0.15, 0.2) is 23.4 Å². The van der Waals surface area contributed by atoms with Crippen LogP contribution in [-0.4, -0.2) is 39.7 Å². The number of sulfonamides is 1. The van der Waals surface area contributed by atoms with E-state index in [1.165, 1.54) is 6.20 Å². The van der Waals surface area contributed by atoms with Crippen molar-refractivity contribution in [3.05, 3.63) is 18.3 Å². The Morgan fingerprint density at radius 1 is 1.53 bits per heavy atom. The first-order valence-corrected chi connectivity index (χ1v) is 7.88. The number of nitrogens with one attached hydrogen (secondary N) is 2. The van der Waals surface area contributed by atoms with Crippen molar-refractivity contribution in [2.24, 2.45) is 5.92 Å². The molecule has 6 nitrogen and oxygen atoms in total. The highest BCUT2D eigenvalue weighted by molar-refractivity contribution is 7.89. The molecule has 0 spiro atoms. The van der Waals surface area contributed by atoms with Crippen LogP contribution >= 0.6 is 0 Å². The highest BCUT2D eigenvalue weighted by Crippen LogP contribution is 2.18. The number of anilines is 1. The summed E-state index contributed by atoms with van der Waals surface area (Å²) in [5.41, 5.74) is 0.528. The van der Waals surface area contributed by atoms with Crippen molar-refractivity contribution in [3.63, 3.8) is 0 Å². The van der Waals surface area contributed by atoms with E-state index in [2.05, 4.69) is 15.0 Å². The Morgan fingerprint density at radius 3 is 3.05 bits per heavy atom. The van der Waals surface area contributed by atoms with E-state index in [1.807, 2.05) is 6.92 Å². The first-order chi connectivity index (χ1) is 9.13. The van der Waals surface area contributed by atoms with Crippen molar-refractivity contribution in [2.45, 2.75) is 18.4 Å². The monoisotopic (exact) mass is 285 g/mol. The van der Waals surface area contributed by atoms with Crippen molar-refractivity contribution < 1.29 is 13.2 Å². The van der Waals surface area contributed by atoms with Gasteiger partial charge in [0.1, 0.15) is 0 Å². The largest absolute Gasteiger partial charge is 0.383 e. The van der Waals surface area contributed by atoms with Crippen LogP contribution in [0.2, 0.25) is 0 Å². The Morgan fingerprint density at radius 2 is 2.37 bits per heavy atom. The van der Waals surface area contributed by atoms with Crippen LogP contribution in [0.25, 0.3) is 0 Å². The maximum atomic E-state index is 12.2. The fraction of sp³-hybridized carbons (Fsp3) is 0.583. The highest BCUT2D eigenvalue weighted by atomic mass is 32.2. The lowest BCUT2D eigenvalue weighted by atomic mass is 10.1. The van der Waals surface area contributed by atoms with E-state index < -0.39 is 10.0 Å². The summed E-state index contributed by atoms with van der Waals surface area (Å²) in [5.74, 6) is 0.251. The molecule has 0 aliphatic carbocycles. The predicted molar refractivity (Wildman–Crippen MR) is 72.5 cm³/mol. The molecule has 2 rings (SSSR count). The van der Waals surface area contributed by atoms with Crippen molar-refractivity contribution in [2.75, 3.05) is 31.6 Å². The normalized spacial score (nSPS) is 19.5. The van der Waals surface area contributed by atoms with Gasteiger partial charge in [-0.3, -0.25) is 0 Å². The number of nitrogens with zero attached hydrogens (tertiary/aromatic N) is 1. The topological polar surface area (TPSA) is 80.3 Å². The Hall–Kier alpha value is -1.18. The minimum atomic E-state index is -3.58. The van der Waals surface area contributed by atoms with E-state index in [9.17, 15) is 8.42 Å². The highest BCUT2D eigenvalue weighted by Gasteiger charge is 2.23. The smallest absolute Gasteiger partial charge is 0.260 e. The van der Waals surface area contributed by atoms with Gasteiger partial charge >= 0.3 is 0 Å². The zero-order valence-corrected chi connectivity index (χ0v) is 11.7. The van der Waals surface area contributed by atoms with Crippen LogP contribution in [0.5, 0.6) is 0 Å². The van der Waals surface area contributed by atoms with Gasteiger partial charge in [-0.05, 0) is 31.4 Å². The standard InChI is InChI=1S/C12H19N3O3S/c1-2-13-11-4-3-6-14-12(11)19(16,17)15-8-10-5-7-18-9-10/h3-4,6,10,13,15H,2,5,7-9H2,1H3. The molecule has 1 unspecified atom stereocenters. The van der Waals surface area contributed by atoms with E-state index >= 15 is 0 Å². The molecule has 1 atom stereocenters. The Bertz CT molecular complexity index is 513. The van der Waals surface area contributed by atoms with E-state index in [-0.39, 0.29) is 10.9 Å². The summed E-state index contributed by atoms with van der Waals surface area (Å²) in [7, 11) is -3.58. The first-order valence-electron chi connectivity index (χ1n) is 6.40. The second-order valence-electron chi connectivity index (χ2n) is 4.47. The van der Waals surface area contributed by atoms with Gasteiger partial charge in [-0.25, -0.2) is 18.1 Å². The average Bonchev–Trinajstić information content (AvgIpc) is 2.91. The van der Waals surface area contributed by atoms with Gasteiger partial charge in [0, 0.05) is 25.9 Å². The molecule has 0 saturated carbocycles. The van der Waals surface area contributed by atoms with Crippen LogP contribution in [0.4, 0.5) is 5.69 Å². The van der Waals surface area contributed by atoms with Gasteiger partial charge in [0.15, 0.2) is 5.03 Å². The van der Waals surface area contributed by atoms with Gasteiger partial charge in [0.2, 0.25) is 0 Å². The molecule has 0 amide bonds. The van der Waals surface area contributed by atoms with Gasteiger partial charge in [-0.2, -0.15) is 0 Å². The molecule has 19 heavy (non-hydrogen) atoms. The zero-order chi connectivity index (χ0) is 13.7. The number of hydrogen-bond acceptors (Lipinski definition) is 5. The molecule has 7 heteroatoms. The predicted octanol–water partition coefficient (Wildman–Crippen LogP) is 0.828. The van der Waals surface area contributed by atoms with Gasteiger partial charge in [0.25, 0.3) is 10.0 Å². The maximum Gasteiger partial charge on any atom is 0.260 e. The molecule has 1 saturated heterocycles. The lowest BCUT2D eigenvalue weighted by Gasteiger charge is -2.12. The molecule has 1 aromatic heterocycles. The molecule has 0 aromatic carbocycles. The SMILES string of the molecule is CCNc1cccnc1S(=O)(=O)NCC1CCOC1. The fourth-order valence-corrected chi connectivity index (χ4v) is 3.19. The van der Waals surface area contributed by atoms with Crippen LogP contribution in [-0.2, 0) is 14.8 Å². The fourth-order valence-electron chi connectivity index (χ4n) is 1.97. The number of ether oxygens (including phenoxy) is 1. The van der Waals surface area contributed by atoms with Crippen LogP contribution in [0, 0.1) is 5.92 Å². The maximum absolute atomic E-state index is 12.2. The number of hydrogen-bond donors (Lipinski definition) is 2. The Balaban J connectivity index is 2.09. The number of pyridine rings is 1. The summed E-state index contributed by atoms with van der Waals surface area (Å²) in [5, 5.41) is 3.06. The van der Waals surface area contributed by atoms with Gasteiger partial charge in [0.05, 0.1) is 12.3 Å². The van der Waals surface area contributed by atoms with Crippen molar-refractivity contribution >= 4 is 15.7 Å². The summed E-state index contributed by atoms with van der Waals surface area (Å²) < 4.78 is 32.3. The first kappa shape index (κ1) is 14.2. The third-order valence-corrected chi connectivity index (χ3v) is 4.36. The zero-order valence-electron chi connectivity index (χ0n) is 10.9. The van der Waals surface area contributed by atoms with Crippen LogP contribution < -0.4 is 10.0 Å². The molecule has 1 aliphatic rings. The summed E-state index contributed by atoms with van der Waals surface area (Å²) in [6.45, 7) is 4.27. The van der Waals surface area contributed by atoms with Gasteiger partial charge < -0.3 is 10.1 Å². The quantitative estimate of drug-likeness (QED) is 0.809. The molecular weight excluding hydrogens is 266 g/mol. The molecule has 2 N–H and O–H groups in total. The van der Waals surface area contributed by atoms with E-state index in [0.717, 1.165) is 6.42 Å². The second kappa shape index (κ2) is 6.31. The lowest BCUT2D eigenvalue weighted by Crippen LogP contribution is -2.30. The van der Waals surface area contributed by atoms with Crippen molar-refractivity contribution in [3.8, 4) is 0 Å². The number of aromatic nitrogens is 1. The minimum Gasteiger partial charge on any atom is -0.383 e. The van der Waals surface area contributed by atoms with Gasteiger partial charge in [-0.15, -0.1) is 0 Å². The Labute approximate surface area is 113 Å². The molecular formula is C12H19N3O3S. The summed E-state index contributed by atoms with van der Waals surface area (Å²) in [6.07, 6.45) is 2.37. The molecule has 0 bridgehead atoms. The molecule has 2 heterocycles. The molecule has 1 aliphatic heterocycles. The Kier molecular flexibility index (Phi) is 4.73. The summed E-state index contributed by atoms with van der Waals surface area (Å²) in [6, 6.07) is 3.42. The second-order valence-corrected chi connectivity index (χ2v) is 6.15. The van der Waals surface area contributed by atoms with Crippen LogP contribution in [0.3, 0.4) is 0 Å². The molecule has 1 fully saturated rings.